The number of methoxy groups -OCH3 is 2. The SMILES string of the molecule is C#CC.CC/C=C(\C/C=C\COC(=O)c1ccc2cc(C(=O)Oc3ccc(OC)cc3)ccc2c1)OC.O. The van der Waals surface area contributed by atoms with E-state index in [2.05, 4.69) is 12.3 Å². The fraction of sp³-hybridized carbons (Fsp3) is 0.226. The molecule has 38 heavy (non-hydrogen) atoms. The van der Waals surface area contributed by atoms with E-state index in [1.54, 1.807) is 87.9 Å². The predicted molar refractivity (Wildman–Crippen MR) is 149 cm³/mol. The molecule has 0 unspecified atom stereocenters. The molecule has 0 atom stereocenters. The first kappa shape index (κ1) is 31.5. The van der Waals surface area contributed by atoms with Crippen LogP contribution in [0.2, 0.25) is 0 Å². The molecule has 0 aliphatic carbocycles. The Balaban J connectivity index is 0.00000172. The van der Waals surface area contributed by atoms with Crippen molar-refractivity contribution in [2.24, 2.45) is 0 Å². The monoisotopic (exact) mass is 518 g/mol. The summed E-state index contributed by atoms with van der Waals surface area (Å²) in [5.74, 6) is 3.36. The number of hydrogen-bond acceptors (Lipinski definition) is 6. The molecule has 3 aromatic rings. The highest BCUT2D eigenvalue weighted by Gasteiger charge is 2.12. The van der Waals surface area contributed by atoms with Gasteiger partial charge in [-0.05, 0) is 78.7 Å². The molecule has 3 aromatic carbocycles. The summed E-state index contributed by atoms with van der Waals surface area (Å²) in [7, 11) is 3.21. The molecule has 0 spiro atoms. The minimum Gasteiger partial charge on any atom is -0.501 e. The number of carbonyl (C=O) groups excluding carboxylic acids is 2. The second kappa shape index (κ2) is 17.0. The van der Waals surface area contributed by atoms with E-state index in [9.17, 15) is 9.59 Å². The van der Waals surface area contributed by atoms with Crippen molar-refractivity contribution in [3.63, 3.8) is 0 Å². The Labute approximate surface area is 224 Å². The first-order valence-corrected chi connectivity index (χ1v) is 11.8. The van der Waals surface area contributed by atoms with Gasteiger partial charge >= 0.3 is 11.9 Å². The Morgan fingerprint density at radius 3 is 1.95 bits per heavy atom. The van der Waals surface area contributed by atoms with Crippen LogP contribution in [0.3, 0.4) is 0 Å². The highest BCUT2D eigenvalue weighted by atomic mass is 16.5. The summed E-state index contributed by atoms with van der Waals surface area (Å²) in [5.41, 5.74) is 0.856. The number of rotatable bonds is 10. The molecule has 2 N–H and O–H groups in total. The van der Waals surface area contributed by atoms with E-state index >= 15 is 0 Å². The van der Waals surface area contributed by atoms with Crippen molar-refractivity contribution in [2.75, 3.05) is 20.8 Å². The minimum absolute atomic E-state index is 0. The van der Waals surface area contributed by atoms with Gasteiger partial charge < -0.3 is 24.4 Å². The number of carbonyl (C=O) groups is 2. The molecule has 0 aliphatic heterocycles. The summed E-state index contributed by atoms with van der Waals surface area (Å²) in [6.07, 6.45) is 11.9. The summed E-state index contributed by atoms with van der Waals surface area (Å²) in [6, 6.07) is 17.2. The zero-order chi connectivity index (χ0) is 27.0. The zero-order valence-corrected chi connectivity index (χ0v) is 22.2. The molecular weight excluding hydrogens is 484 g/mol. The van der Waals surface area contributed by atoms with E-state index in [0.717, 1.165) is 23.0 Å². The average molecular weight is 519 g/mol. The number of fused-ring (bicyclic) bond motifs is 1. The fourth-order valence-electron chi connectivity index (χ4n) is 3.26. The normalized spacial score (nSPS) is 10.4. The first-order chi connectivity index (χ1) is 17.9. The van der Waals surface area contributed by atoms with E-state index in [1.807, 2.05) is 19.1 Å². The molecular formula is C31H34O7. The number of ether oxygens (including phenoxy) is 4. The number of hydrogen-bond donors (Lipinski definition) is 0. The number of benzene rings is 3. The summed E-state index contributed by atoms with van der Waals surface area (Å²) < 4.78 is 21.1. The van der Waals surface area contributed by atoms with E-state index in [4.69, 9.17) is 18.9 Å². The molecule has 0 aliphatic rings. The Hall–Kier alpha value is -4.54. The third kappa shape index (κ3) is 9.84. The second-order valence-electron chi connectivity index (χ2n) is 7.69. The van der Waals surface area contributed by atoms with Crippen LogP contribution in [0, 0.1) is 12.3 Å². The molecule has 0 aromatic heterocycles. The van der Waals surface area contributed by atoms with Crippen molar-refractivity contribution in [3.05, 3.63) is 95.8 Å². The van der Waals surface area contributed by atoms with Crippen molar-refractivity contribution in [3.8, 4) is 23.8 Å². The van der Waals surface area contributed by atoms with Crippen LogP contribution < -0.4 is 9.47 Å². The summed E-state index contributed by atoms with van der Waals surface area (Å²) >= 11 is 0. The Morgan fingerprint density at radius 2 is 1.42 bits per heavy atom. The molecule has 0 amide bonds. The van der Waals surface area contributed by atoms with Crippen molar-refractivity contribution >= 4 is 22.7 Å². The lowest BCUT2D eigenvalue weighted by molar-refractivity contribution is 0.0549. The van der Waals surface area contributed by atoms with Crippen LogP contribution in [0.25, 0.3) is 10.8 Å². The zero-order valence-electron chi connectivity index (χ0n) is 22.2. The molecule has 200 valence electrons. The van der Waals surface area contributed by atoms with Gasteiger partial charge in [-0.25, -0.2) is 9.59 Å². The summed E-state index contributed by atoms with van der Waals surface area (Å²) in [4.78, 5) is 24.9. The van der Waals surface area contributed by atoms with E-state index in [0.29, 0.717) is 29.0 Å². The van der Waals surface area contributed by atoms with Crippen molar-refractivity contribution < 1.29 is 34.0 Å². The van der Waals surface area contributed by atoms with Gasteiger partial charge in [0.2, 0.25) is 0 Å². The lowest BCUT2D eigenvalue weighted by atomic mass is 10.0. The molecule has 7 nitrogen and oxygen atoms in total. The highest BCUT2D eigenvalue weighted by Crippen LogP contribution is 2.22. The standard InChI is InChI=1S/C28H28O6.C3H4.H2O/c1-4-7-24(31-2)8-5-6-17-33-27(29)22-11-9-21-19-23(12-10-20(21)18-22)28(30)34-26-15-13-25(32-3)14-16-26;1-3-2;/h5-7,9-16,18-19H,4,8,17H2,1-3H3;1H,2H3;1H2/b6-5-,24-7+;;. The summed E-state index contributed by atoms with van der Waals surface area (Å²) in [6.45, 7) is 3.87. The van der Waals surface area contributed by atoms with Crippen LogP contribution in [0.1, 0.15) is 47.4 Å². The smallest absolute Gasteiger partial charge is 0.343 e. The maximum Gasteiger partial charge on any atom is 0.343 e. The van der Waals surface area contributed by atoms with Gasteiger partial charge in [0.1, 0.15) is 18.1 Å². The van der Waals surface area contributed by atoms with Gasteiger partial charge in [-0.15, -0.1) is 12.3 Å². The van der Waals surface area contributed by atoms with Crippen LogP contribution in [0.15, 0.2) is 84.7 Å². The van der Waals surface area contributed by atoms with Gasteiger partial charge in [-0.3, -0.25) is 0 Å². The van der Waals surface area contributed by atoms with Crippen molar-refractivity contribution in [1.29, 1.82) is 0 Å². The molecule has 0 saturated heterocycles. The predicted octanol–water partition coefficient (Wildman–Crippen LogP) is 5.93. The van der Waals surface area contributed by atoms with Crippen molar-refractivity contribution in [1.82, 2.24) is 0 Å². The van der Waals surface area contributed by atoms with Crippen LogP contribution in [-0.2, 0) is 9.47 Å². The first-order valence-electron chi connectivity index (χ1n) is 11.8. The highest BCUT2D eigenvalue weighted by molar-refractivity contribution is 5.99. The number of allylic oxidation sites excluding steroid dienone is 2. The van der Waals surface area contributed by atoms with Crippen molar-refractivity contribution in [2.45, 2.75) is 26.7 Å². The lowest BCUT2D eigenvalue weighted by Crippen LogP contribution is -2.08. The van der Waals surface area contributed by atoms with Crippen LogP contribution in [-0.4, -0.2) is 38.2 Å². The topological polar surface area (TPSA) is 103 Å². The molecule has 0 fully saturated rings. The van der Waals surface area contributed by atoms with E-state index in [-0.39, 0.29) is 12.1 Å². The van der Waals surface area contributed by atoms with Gasteiger partial charge in [0.25, 0.3) is 0 Å². The Morgan fingerprint density at radius 1 is 0.868 bits per heavy atom. The van der Waals surface area contributed by atoms with Gasteiger partial charge in [-0.1, -0.05) is 31.2 Å². The third-order valence-electron chi connectivity index (χ3n) is 5.07. The molecule has 0 radical (unpaired) electrons. The molecule has 3 rings (SSSR count). The Kier molecular flexibility index (Phi) is 14.1. The van der Waals surface area contributed by atoms with Gasteiger partial charge in [0.15, 0.2) is 0 Å². The van der Waals surface area contributed by atoms with Crippen LogP contribution >= 0.6 is 0 Å². The van der Waals surface area contributed by atoms with Gasteiger partial charge in [0, 0.05) is 6.42 Å². The van der Waals surface area contributed by atoms with E-state index in [1.165, 1.54) is 0 Å². The third-order valence-corrected chi connectivity index (χ3v) is 5.07. The maximum absolute atomic E-state index is 12.5. The number of terminal acetylenes is 1. The Bertz CT molecular complexity index is 1280. The second-order valence-corrected chi connectivity index (χ2v) is 7.69. The quantitative estimate of drug-likeness (QED) is 0.108. The largest absolute Gasteiger partial charge is 0.501 e. The molecule has 0 heterocycles. The average Bonchev–Trinajstić information content (AvgIpc) is 2.92. The number of esters is 2. The van der Waals surface area contributed by atoms with Gasteiger partial charge in [0.05, 0.1) is 31.1 Å². The fourth-order valence-corrected chi connectivity index (χ4v) is 3.26. The van der Waals surface area contributed by atoms with Gasteiger partial charge in [-0.2, -0.15) is 0 Å². The van der Waals surface area contributed by atoms with Crippen LogP contribution in [0.5, 0.6) is 11.5 Å². The maximum atomic E-state index is 12.5. The van der Waals surface area contributed by atoms with E-state index < -0.39 is 11.9 Å². The van der Waals surface area contributed by atoms with Crippen LogP contribution in [0.4, 0.5) is 0 Å². The molecule has 7 heteroatoms. The summed E-state index contributed by atoms with van der Waals surface area (Å²) in [5, 5.41) is 1.64. The minimum atomic E-state index is -0.465. The lowest BCUT2D eigenvalue weighted by Gasteiger charge is -2.08. The molecule has 0 saturated carbocycles. The molecule has 0 bridgehead atoms.